The number of likely N-dealkylation sites (N-methyl/N-ethyl adjacent to an activating group) is 1. The molecule has 1 spiro atoms. The number of anilines is 1. The second-order valence-electron chi connectivity index (χ2n) is 11.6. The molecule has 2 aliphatic rings. The fourth-order valence-corrected chi connectivity index (χ4v) is 6.72. The molecule has 0 radical (unpaired) electrons. The minimum absolute atomic E-state index is 0.113. The van der Waals surface area contributed by atoms with E-state index in [4.69, 9.17) is 4.74 Å². The number of carbonyl (C=O) groups is 2. The summed E-state index contributed by atoms with van der Waals surface area (Å²) in [5, 5.41) is 27.4. The SMILES string of the molecule is CN[C@@H](C)C(=O)NC1C(=O)N(Cc2c(C#N)n(-c3ccccc3C#N)c3ccccc23)c2ccccc2CC12CCOCC2. The monoisotopic (exact) mass is 586 g/mol. The Balaban J connectivity index is 1.53. The second kappa shape index (κ2) is 12.0. The molecule has 2 amide bonds. The second-order valence-corrected chi connectivity index (χ2v) is 11.6. The molecule has 0 saturated carbocycles. The van der Waals surface area contributed by atoms with Crippen LogP contribution in [0.3, 0.4) is 0 Å². The molecule has 0 bridgehead atoms. The van der Waals surface area contributed by atoms with Gasteiger partial charge in [-0.2, -0.15) is 10.5 Å². The number of benzene rings is 3. The van der Waals surface area contributed by atoms with Crippen molar-refractivity contribution in [3.05, 3.63) is 95.2 Å². The Labute approximate surface area is 256 Å². The third kappa shape index (κ3) is 4.90. The maximum absolute atomic E-state index is 14.9. The number of nitrogens with one attached hydrogen (secondary N) is 2. The van der Waals surface area contributed by atoms with Gasteiger partial charge in [0.15, 0.2) is 0 Å². The molecule has 6 rings (SSSR count). The van der Waals surface area contributed by atoms with Crippen molar-refractivity contribution >= 4 is 28.4 Å². The van der Waals surface area contributed by atoms with Crippen LogP contribution in [-0.2, 0) is 27.3 Å². The molecule has 4 aromatic rings. The first-order valence-electron chi connectivity index (χ1n) is 14.9. The van der Waals surface area contributed by atoms with E-state index in [1.807, 2.05) is 65.2 Å². The van der Waals surface area contributed by atoms with E-state index in [1.165, 1.54) is 0 Å². The summed E-state index contributed by atoms with van der Waals surface area (Å²) in [7, 11) is 1.72. The largest absolute Gasteiger partial charge is 0.381 e. The summed E-state index contributed by atoms with van der Waals surface area (Å²) in [6.45, 7) is 2.90. The maximum atomic E-state index is 14.9. The van der Waals surface area contributed by atoms with E-state index < -0.39 is 17.5 Å². The topological polar surface area (TPSA) is 123 Å². The molecule has 44 heavy (non-hydrogen) atoms. The number of aromatic nitrogens is 1. The number of amides is 2. The quantitative estimate of drug-likeness (QED) is 0.346. The van der Waals surface area contributed by atoms with Crippen molar-refractivity contribution in [2.75, 3.05) is 25.2 Å². The molecule has 1 aromatic heterocycles. The van der Waals surface area contributed by atoms with Crippen LogP contribution >= 0.6 is 0 Å². The summed E-state index contributed by atoms with van der Waals surface area (Å²) >= 11 is 0. The first-order valence-corrected chi connectivity index (χ1v) is 14.9. The summed E-state index contributed by atoms with van der Waals surface area (Å²) in [5.74, 6) is -0.461. The summed E-state index contributed by atoms with van der Waals surface area (Å²) < 4.78 is 7.55. The van der Waals surface area contributed by atoms with Gasteiger partial charge in [-0.25, -0.2) is 0 Å². The van der Waals surface area contributed by atoms with E-state index in [2.05, 4.69) is 22.8 Å². The van der Waals surface area contributed by atoms with E-state index >= 15 is 0 Å². The number of para-hydroxylation sites is 3. The lowest BCUT2D eigenvalue weighted by Crippen LogP contribution is -2.60. The summed E-state index contributed by atoms with van der Waals surface area (Å²) in [6.07, 6.45) is 1.87. The normalized spacial score (nSPS) is 18.2. The highest BCUT2D eigenvalue weighted by Crippen LogP contribution is 2.44. The number of hydrogen-bond donors (Lipinski definition) is 2. The average Bonchev–Trinajstić information content (AvgIpc) is 3.34. The van der Waals surface area contributed by atoms with E-state index in [0.29, 0.717) is 55.0 Å². The number of nitriles is 2. The molecule has 9 heteroatoms. The predicted molar refractivity (Wildman–Crippen MR) is 167 cm³/mol. The van der Waals surface area contributed by atoms with E-state index in [0.717, 1.165) is 22.2 Å². The molecule has 9 nitrogen and oxygen atoms in total. The van der Waals surface area contributed by atoms with Crippen molar-refractivity contribution in [1.82, 2.24) is 15.2 Å². The van der Waals surface area contributed by atoms with Gasteiger partial charge < -0.3 is 20.3 Å². The van der Waals surface area contributed by atoms with Gasteiger partial charge >= 0.3 is 0 Å². The molecule has 2 aliphatic heterocycles. The zero-order valence-electron chi connectivity index (χ0n) is 24.8. The van der Waals surface area contributed by atoms with Gasteiger partial charge in [-0.05, 0) is 63.1 Å². The van der Waals surface area contributed by atoms with Crippen LogP contribution in [0.15, 0.2) is 72.8 Å². The van der Waals surface area contributed by atoms with Crippen LogP contribution in [0.1, 0.15) is 42.1 Å². The van der Waals surface area contributed by atoms with Crippen molar-refractivity contribution in [3.63, 3.8) is 0 Å². The fraction of sp³-hybridized carbons (Fsp3) is 0.314. The molecular formula is C35H34N6O3. The lowest BCUT2D eigenvalue weighted by Gasteiger charge is -2.42. The van der Waals surface area contributed by atoms with Crippen LogP contribution in [0, 0.1) is 28.1 Å². The Morgan fingerprint density at radius 3 is 2.41 bits per heavy atom. The van der Waals surface area contributed by atoms with Gasteiger partial charge in [0.1, 0.15) is 23.9 Å². The first kappa shape index (κ1) is 29.1. The smallest absolute Gasteiger partial charge is 0.250 e. The Kier molecular flexibility index (Phi) is 7.92. The van der Waals surface area contributed by atoms with Crippen LogP contribution < -0.4 is 15.5 Å². The molecule has 2 N–H and O–H groups in total. The van der Waals surface area contributed by atoms with E-state index in [1.54, 1.807) is 31.0 Å². The van der Waals surface area contributed by atoms with Gasteiger partial charge in [0.2, 0.25) is 11.8 Å². The van der Waals surface area contributed by atoms with Crippen LogP contribution in [0.25, 0.3) is 16.6 Å². The molecule has 3 heterocycles. The van der Waals surface area contributed by atoms with Gasteiger partial charge in [0.05, 0.1) is 29.4 Å². The molecular weight excluding hydrogens is 552 g/mol. The number of rotatable bonds is 6. The average molecular weight is 587 g/mol. The summed E-state index contributed by atoms with van der Waals surface area (Å²) in [5.41, 5.74) is 4.09. The lowest BCUT2D eigenvalue weighted by molar-refractivity contribution is -0.133. The molecule has 2 atom stereocenters. The minimum Gasteiger partial charge on any atom is -0.381 e. The molecule has 3 aromatic carbocycles. The van der Waals surface area contributed by atoms with E-state index in [9.17, 15) is 20.1 Å². The first-order chi connectivity index (χ1) is 21.4. The third-order valence-electron chi connectivity index (χ3n) is 9.22. The fourth-order valence-electron chi connectivity index (χ4n) is 6.72. The van der Waals surface area contributed by atoms with Crippen LogP contribution in [0.4, 0.5) is 5.69 Å². The van der Waals surface area contributed by atoms with Gasteiger partial charge in [-0.1, -0.05) is 48.5 Å². The van der Waals surface area contributed by atoms with Crippen molar-refractivity contribution in [2.45, 2.75) is 44.8 Å². The number of hydrogen-bond acceptors (Lipinski definition) is 6. The predicted octanol–water partition coefficient (Wildman–Crippen LogP) is 4.35. The zero-order chi connectivity index (χ0) is 30.8. The standard InChI is InChI=1S/C35H34N6O3/c1-23(38-2)33(42)39-32-34(43)40(28-12-6-3-9-24(28)19-35(32)15-17-44-18-16-35)22-27-26-11-5-8-14-30(26)41(31(27)21-37)29-13-7-4-10-25(29)20-36/h3-14,23,32,38H,15-19,22H2,1-2H3,(H,39,42)/t23-,32?/m0/s1. The Bertz CT molecular complexity index is 1820. The molecule has 1 fully saturated rings. The van der Waals surface area contributed by atoms with Gasteiger partial charge in [0, 0.05) is 35.3 Å². The maximum Gasteiger partial charge on any atom is 0.250 e. The lowest BCUT2D eigenvalue weighted by atomic mass is 9.69. The van der Waals surface area contributed by atoms with Crippen molar-refractivity contribution < 1.29 is 14.3 Å². The summed E-state index contributed by atoms with van der Waals surface area (Å²) in [4.78, 5) is 29.9. The highest BCUT2D eigenvalue weighted by atomic mass is 16.5. The number of ether oxygens (including phenoxy) is 1. The van der Waals surface area contributed by atoms with Gasteiger partial charge in [-0.3, -0.25) is 14.2 Å². The number of nitrogens with zero attached hydrogens (tertiary/aromatic N) is 4. The molecule has 0 aliphatic carbocycles. The number of fused-ring (bicyclic) bond motifs is 2. The highest BCUT2D eigenvalue weighted by Gasteiger charge is 2.49. The number of carbonyl (C=O) groups excluding carboxylic acids is 2. The minimum atomic E-state index is -0.791. The Morgan fingerprint density at radius 2 is 1.68 bits per heavy atom. The third-order valence-corrected chi connectivity index (χ3v) is 9.22. The van der Waals surface area contributed by atoms with Crippen LogP contribution in [0.5, 0.6) is 0 Å². The van der Waals surface area contributed by atoms with Crippen molar-refractivity contribution in [3.8, 4) is 17.8 Å². The molecule has 1 unspecified atom stereocenters. The van der Waals surface area contributed by atoms with Crippen molar-refractivity contribution in [2.24, 2.45) is 5.41 Å². The zero-order valence-corrected chi connectivity index (χ0v) is 24.8. The van der Waals surface area contributed by atoms with E-state index in [-0.39, 0.29) is 18.4 Å². The molecule has 222 valence electrons. The van der Waals surface area contributed by atoms with Gasteiger partial charge in [0.25, 0.3) is 0 Å². The van der Waals surface area contributed by atoms with Crippen LogP contribution in [0.2, 0.25) is 0 Å². The molecule has 1 saturated heterocycles. The van der Waals surface area contributed by atoms with Crippen LogP contribution in [-0.4, -0.2) is 48.7 Å². The highest BCUT2D eigenvalue weighted by molar-refractivity contribution is 6.02. The van der Waals surface area contributed by atoms with Gasteiger partial charge in [-0.15, -0.1) is 0 Å². The Morgan fingerprint density at radius 1 is 1.00 bits per heavy atom. The van der Waals surface area contributed by atoms with Crippen molar-refractivity contribution in [1.29, 1.82) is 10.5 Å². The Hall–Kier alpha value is -4.96. The summed E-state index contributed by atoms with van der Waals surface area (Å²) in [6, 6.07) is 26.1.